The fraction of sp³-hybridized carbons (Fsp3) is 0.0762. The molecule has 3 aliphatic rings. The first kappa shape index (κ1) is 74.5. The predicted molar refractivity (Wildman–Crippen MR) is 483 cm³/mol. The van der Waals surface area contributed by atoms with Gasteiger partial charge in [0.25, 0.3) is 0 Å². The lowest BCUT2D eigenvalue weighted by atomic mass is 9.67. The molecule has 6 nitrogen and oxygen atoms in total. The second kappa shape index (κ2) is 29.8. The zero-order chi connectivity index (χ0) is 77.4. The van der Waals surface area contributed by atoms with Crippen LogP contribution in [0.5, 0.6) is 0 Å². The van der Waals surface area contributed by atoms with E-state index in [2.05, 4.69) is 286 Å². The van der Waals surface area contributed by atoms with E-state index < -0.39 is 43.4 Å². The number of halogens is 1. The molecule has 0 N–H and O–H groups in total. The molecule has 3 heterocycles. The summed E-state index contributed by atoms with van der Waals surface area (Å²) >= 11 is 3.43. The molecule has 0 spiro atoms. The lowest BCUT2D eigenvalue weighted by Gasteiger charge is -2.33. The second-order valence-electron chi connectivity index (χ2n) is 30.7. The predicted octanol–water partition coefficient (Wildman–Crippen LogP) is 24.0. The highest BCUT2D eigenvalue weighted by atomic mass is 79.9. The highest BCUT2D eigenvalue weighted by Gasteiger charge is 2.53. The number of rotatable bonds is 12. The van der Waals surface area contributed by atoms with Crippen molar-refractivity contribution in [2.45, 2.75) is 49.7 Å². The molecule has 18 aromatic rings. The van der Waals surface area contributed by atoms with Crippen LogP contribution in [0.1, 0.15) is 72.2 Å². The van der Waals surface area contributed by atoms with Crippen molar-refractivity contribution in [3.05, 3.63) is 457 Å². The first-order valence-electron chi connectivity index (χ1n) is 38.7. The van der Waals surface area contributed by atoms with Gasteiger partial charge in [-0.2, -0.15) is 0 Å². The molecule has 16 aromatic carbocycles. The van der Waals surface area contributed by atoms with Crippen LogP contribution < -0.4 is 37.3 Å². The molecule has 1 fully saturated rings. The van der Waals surface area contributed by atoms with E-state index in [1.54, 1.807) is 0 Å². The van der Waals surface area contributed by atoms with E-state index in [0.717, 1.165) is 96.8 Å². The second-order valence-corrected chi connectivity index (χ2v) is 37.1. The van der Waals surface area contributed by atoms with E-state index >= 15 is 0 Å². The molecule has 2 aromatic heterocycles. The Balaban J connectivity index is 0.000000129. The van der Waals surface area contributed by atoms with Gasteiger partial charge >= 0.3 is 7.12 Å². The summed E-state index contributed by atoms with van der Waals surface area (Å²) in [6, 6.07) is 138. The largest absolute Gasteiger partial charge is 0.494 e. The van der Waals surface area contributed by atoms with Crippen LogP contribution in [-0.2, 0) is 29.3 Å². The number of fused-ring (bicyclic) bond motifs is 12. The number of hydrogen-bond acceptors (Lipinski definition) is 6. The molecule has 2 aliphatic carbocycles. The minimum Gasteiger partial charge on any atom is -0.456 e. The van der Waals surface area contributed by atoms with Crippen molar-refractivity contribution in [3.63, 3.8) is 0 Å². The minimum absolute atomic E-state index is 0. The third-order valence-corrected chi connectivity index (χ3v) is 30.6. The Morgan fingerprint density at radius 3 is 0.939 bits per heavy atom. The summed E-state index contributed by atoms with van der Waals surface area (Å²) in [6.07, 6.45) is 0. The van der Waals surface area contributed by atoms with Crippen LogP contribution in [-0.4, -0.2) is 18.3 Å². The first-order valence-corrected chi connectivity index (χ1v) is 43.0. The number of hydrogen-bond donors (Lipinski definition) is 0. The van der Waals surface area contributed by atoms with Crippen molar-refractivity contribution in [3.8, 4) is 33.4 Å². The summed E-state index contributed by atoms with van der Waals surface area (Å²) in [5, 5.41) is 9.40. The van der Waals surface area contributed by atoms with Crippen molar-refractivity contribution < 1.29 is 27.3 Å². The summed E-state index contributed by atoms with van der Waals surface area (Å²) in [7, 11) is -6.29. The molecule has 115 heavy (non-hydrogen) atoms. The molecule has 21 rings (SSSR count). The Bertz CT molecular complexity index is 6540. The van der Waals surface area contributed by atoms with Crippen molar-refractivity contribution in [2.24, 2.45) is 0 Å². The molecule has 0 unspecified atom stereocenters. The lowest BCUT2D eigenvalue weighted by molar-refractivity contribution is 0.00578. The minimum atomic E-state index is -3.05. The Labute approximate surface area is 680 Å². The van der Waals surface area contributed by atoms with Gasteiger partial charge < -0.3 is 34.7 Å². The zero-order valence-corrected chi connectivity index (χ0v) is 67.8. The summed E-state index contributed by atoms with van der Waals surface area (Å²) in [6.45, 7) is 8.35. The normalized spacial score (nSPS) is 14.5. The van der Waals surface area contributed by atoms with Crippen molar-refractivity contribution in [1.29, 1.82) is 0 Å². The third kappa shape index (κ3) is 12.4. The smallest absolute Gasteiger partial charge is 0.456 e. The number of benzene rings is 16. The van der Waals surface area contributed by atoms with Crippen molar-refractivity contribution in [1.82, 2.24) is 0 Å². The standard InChI is InChI=1S/C49H33O2P.C37H31BO3.C18H14BrOP.CH3/c50-52(38-19-9-3-10-20-38,39-21-11-4-12-22-39)40-28-25-34(26-29-40)35-27-30-47-43(31-35)44-32-42-41-23-13-14-24-45(41)49(36-15-5-1-6-16-36,37-17-7-2-8-18-37)46(42)33-48(44)51-47;1-35(2)36(3,4)41-38(40-35)26-19-20-33-29(21-26)30-22-28-27-17-11-12-18-31(27)37(24-13-7-5-8-14-24,25-15-9-6-10-16-25)32(28)23-34(30)39-33;19-15-11-13-18(14-12-15)21(20,16-7-3-1-4-8-16)17-9-5-2-6-10-17;/h1-33H;5-23H,1-4H3;1-14H;1H3/q;;;-1. The van der Waals surface area contributed by atoms with E-state index in [1.165, 1.54) is 66.8 Å². The highest BCUT2D eigenvalue weighted by molar-refractivity contribution is 9.10. The summed E-state index contributed by atoms with van der Waals surface area (Å²) in [5.41, 5.74) is 19.9. The summed E-state index contributed by atoms with van der Waals surface area (Å²) < 4.78 is 55.8. The Morgan fingerprint density at radius 1 is 0.270 bits per heavy atom. The van der Waals surface area contributed by atoms with Gasteiger partial charge in [0.1, 0.15) is 22.3 Å². The first-order chi connectivity index (χ1) is 55.7. The maximum Gasteiger partial charge on any atom is 0.494 e. The average molecular weight is 1590 g/mol. The van der Waals surface area contributed by atoms with Gasteiger partial charge in [0.05, 0.1) is 22.0 Å². The van der Waals surface area contributed by atoms with Crippen LogP contribution in [0.4, 0.5) is 0 Å². The van der Waals surface area contributed by atoms with Gasteiger partial charge in [-0.1, -0.05) is 350 Å². The summed E-state index contributed by atoms with van der Waals surface area (Å²) in [4.78, 5) is 0. The Hall–Kier alpha value is -12.0. The van der Waals surface area contributed by atoms with Crippen LogP contribution >= 0.6 is 30.2 Å². The molecular weight excluding hydrogens is 1510 g/mol. The van der Waals surface area contributed by atoms with Crippen LogP contribution in [0.25, 0.3) is 77.3 Å². The van der Waals surface area contributed by atoms with Gasteiger partial charge in [-0.15, -0.1) is 0 Å². The van der Waals surface area contributed by atoms with E-state index in [0.29, 0.717) is 0 Å². The van der Waals surface area contributed by atoms with Gasteiger partial charge in [0.2, 0.25) is 0 Å². The Kier molecular flexibility index (Phi) is 19.3. The van der Waals surface area contributed by atoms with E-state index in [-0.39, 0.29) is 7.43 Å². The molecule has 558 valence electrons. The molecule has 0 bridgehead atoms. The van der Waals surface area contributed by atoms with E-state index in [4.69, 9.17) is 18.1 Å². The molecule has 10 heteroatoms. The molecule has 1 aliphatic heterocycles. The van der Waals surface area contributed by atoms with Gasteiger partial charge in [-0.05, 0) is 178 Å². The van der Waals surface area contributed by atoms with Crippen LogP contribution in [0.15, 0.2) is 414 Å². The van der Waals surface area contributed by atoms with Crippen LogP contribution in [0.2, 0.25) is 0 Å². The van der Waals surface area contributed by atoms with Crippen molar-refractivity contribution >= 4 is 118 Å². The maximum atomic E-state index is 14.9. The monoisotopic (exact) mass is 1590 g/mol. The lowest BCUT2D eigenvalue weighted by Crippen LogP contribution is -2.41. The topological polar surface area (TPSA) is 78.9 Å². The van der Waals surface area contributed by atoms with Gasteiger partial charge in [0, 0.05) is 57.8 Å². The Morgan fingerprint density at radius 2 is 0.565 bits per heavy atom. The van der Waals surface area contributed by atoms with Crippen LogP contribution in [0.3, 0.4) is 0 Å². The van der Waals surface area contributed by atoms with Crippen molar-refractivity contribution in [2.75, 3.05) is 0 Å². The molecule has 0 atom stereocenters. The van der Waals surface area contributed by atoms with E-state index in [1.807, 2.05) is 158 Å². The summed E-state index contributed by atoms with van der Waals surface area (Å²) in [5.74, 6) is 0. The molecule has 0 radical (unpaired) electrons. The van der Waals surface area contributed by atoms with Gasteiger partial charge in [-0.25, -0.2) is 0 Å². The molecule has 0 saturated carbocycles. The van der Waals surface area contributed by atoms with Crippen LogP contribution in [0, 0.1) is 7.43 Å². The fourth-order valence-corrected chi connectivity index (χ4v) is 23.3. The SMILES string of the molecule is CC1(C)OB(c2ccc3oc4cc5c(cc4c3c2)-c2ccccc2C5(c2ccccc2)c2ccccc2)OC1(C)C.O=P(c1ccccc1)(c1ccccc1)c1ccc(-c2ccc3oc4cc5c(cc4c3c2)-c2ccccc2C5(c2ccccc2)c2ccccc2)cc1.O=P(c1ccccc1)(c1ccccc1)c1ccc(Br)cc1.[CH3-]. The fourth-order valence-electron chi connectivity index (χ4n) is 17.7. The highest BCUT2D eigenvalue weighted by Crippen LogP contribution is 2.60. The maximum absolute atomic E-state index is 14.9. The number of furan rings is 2. The molecule has 1 saturated heterocycles. The zero-order valence-electron chi connectivity index (χ0n) is 64.4. The third-order valence-electron chi connectivity index (χ3n) is 23.9. The quantitative estimate of drug-likeness (QED) is 0.0689. The van der Waals surface area contributed by atoms with Gasteiger partial charge in [0.15, 0.2) is 14.3 Å². The van der Waals surface area contributed by atoms with Gasteiger partial charge in [-0.3, -0.25) is 0 Å². The molecule has 0 amide bonds. The van der Waals surface area contributed by atoms with E-state index in [9.17, 15) is 9.13 Å². The molecular formula is C105H81BBrO6P2-. The average Bonchev–Trinajstić information content (AvgIpc) is 1.54.